The fourth-order valence-corrected chi connectivity index (χ4v) is 11.0. The lowest BCUT2D eigenvalue weighted by molar-refractivity contribution is -0.138. The predicted molar refractivity (Wildman–Crippen MR) is 270 cm³/mol. The highest BCUT2D eigenvalue weighted by atomic mass is 32.2. The molecule has 0 unspecified atom stereocenters. The first kappa shape index (κ1) is 52.5. The first-order chi connectivity index (χ1) is 35.3. The van der Waals surface area contributed by atoms with Gasteiger partial charge in [0, 0.05) is 80.7 Å². The average Bonchev–Trinajstić information content (AvgIpc) is 4.00. The van der Waals surface area contributed by atoms with Crippen LogP contribution in [0.1, 0.15) is 50.7 Å². The predicted octanol–water partition coefficient (Wildman–Crippen LogP) is 10.6. The third kappa shape index (κ3) is 12.6. The highest BCUT2D eigenvalue weighted by Crippen LogP contribution is 2.36. The lowest BCUT2D eigenvalue weighted by atomic mass is 9.92. The summed E-state index contributed by atoms with van der Waals surface area (Å²) >= 11 is 4.33. The Morgan fingerprint density at radius 1 is 0.581 bits per heavy atom. The molecule has 2 atom stereocenters. The Balaban J connectivity index is 0.000000182. The maximum Gasteiger partial charge on any atom is 0.419 e. The summed E-state index contributed by atoms with van der Waals surface area (Å²) in [6.07, 6.45) is 3.79. The van der Waals surface area contributed by atoms with Crippen LogP contribution < -0.4 is 19.3 Å². The SMILES string of the molecule is CSc1ccc(-c2ccc3nc(O[C@@H](C)C4CCN(c5ncc(C(F)(F)F)cn5)CC4)sc3n2)cn1.C[C@H](Oc1nc2ccc(-c3ccc(S(C)(=O)=O)nc3)nc2s1)C1CCN(c2ncc(C(F)(F)F)cn2)CC1. The van der Waals surface area contributed by atoms with Gasteiger partial charge in [0.05, 0.1) is 27.5 Å². The van der Waals surface area contributed by atoms with E-state index in [2.05, 4.69) is 44.9 Å². The van der Waals surface area contributed by atoms with Gasteiger partial charge in [0.15, 0.2) is 14.9 Å². The Morgan fingerprint density at radius 3 is 1.35 bits per heavy atom. The molecule has 16 nitrogen and oxygen atoms in total. The smallest absolute Gasteiger partial charge is 0.419 e. The largest absolute Gasteiger partial charge is 0.467 e. The van der Waals surface area contributed by atoms with Gasteiger partial charge in [0.25, 0.3) is 10.4 Å². The van der Waals surface area contributed by atoms with Crippen LogP contribution in [0.5, 0.6) is 10.4 Å². The van der Waals surface area contributed by atoms with Crippen molar-refractivity contribution in [2.45, 2.75) is 74.1 Å². The van der Waals surface area contributed by atoms with Crippen molar-refractivity contribution in [1.29, 1.82) is 0 Å². The first-order valence-corrected chi connectivity index (χ1v) is 27.9. The standard InChI is InChI=1S/C24H23F3N6O3S2.C24H23F3N6OS2/c1-14(15-7-9-33(10-8-15)22-29-12-17(13-30-22)24(25,26)27)36-23-32-19-5-4-18(31-21(19)37-23)16-3-6-20(28-11-16)38(2,34)35;1-14(15-7-9-33(10-8-15)22-29-12-17(13-30-22)24(25,26)27)34-23-32-19-5-4-18(31-21(19)36-23)16-3-6-20(35-2)28-11-16/h3-6,11-15H,7-10H2,1-2H3;3-6,11-15H,7-10H2,1-2H3/t2*14-/m00/s1. The molecule has 388 valence electrons. The summed E-state index contributed by atoms with van der Waals surface area (Å²) in [5.74, 6) is 1.13. The number of ether oxygens (including phenoxy) is 2. The van der Waals surface area contributed by atoms with Crippen LogP contribution in [-0.4, -0.2) is 109 Å². The molecule has 0 N–H and O–H groups in total. The summed E-state index contributed by atoms with van der Waals surface area (Å²) < 4.78 is 112. The molecule has 74 heavy (non-hydrogen) atoms. The summed E-state index contributed by atoms with van der Waals surface area (Å²) in [4.78, 5) is 47.8. The van der Waals surface area contributed by atoms with Gasteiger partial charge >= 0.3 is 12.4 Å². The van der Waals surface area contributed by atoms with Crippen molar-refractivity contribution in [3.63, 3.8) is 0 Å². The van der Waals surface area contributed by atoms with E-state index in [0.29, 0.717) is 70.1 Å². The van der Waals surface area contributed by atoms with Crippen molar-refractivity contribution in [3.8, 4) is 32.9 Å². The van der Waals surface area contributed by atoms with Gasteiger partial charge < -0.3 is 19.3 Å². The number of pyridine rings is 4. The molecule has 2 fully saturated rings. The van der Waals surface area contributed by atoms with Crippen molar-refractivity contribution in [2.75, 3.05) is 48.5 Å². The summed E-state index contributed by atoms with van der Waals surface area (Å²) in [7, 11) is -3.38. The molecule has 2 aliphatic rings. The molecule has 2 aliphatic heterocycles. The number of sulfone groups is 1. The molecule has 0 saturated carbocycles. The van der Waals surface area contributed by atoms with Gasteiger partial charge in [-0.2, -0.15) is 26.3 Å². The van der Waals surface area contributed by atoms with Gasteiger partial charge in [0.2, 0.25) is 11.9 Å². The molecule has 8 aromatic rings. The zero-order valence-corrected chi connectivity index (χ0v) is 43.2. The number of thiazole rings is 2. The number of thioether (sulfide) groups is 1. The highest BCUT2D eigenvalue weighted by molar-refractivity contribution is 7.98. The van der Waals surface area contributed by atoms with E-state index in [4.69, 9.17) is 14.5 Å². The molecule has 0 aromatic carbocycles. The molecule has 0 spiro atoms. The van der Waals surface area contributed by atoms with Crippen molar-refractivity contribution in [2.24, 2.45) is 11.8 Å². The molecule has 0 bridgehead atoms. The van der Waals surface area contributed by atoms with Gasteiger partial charge in [-0.25, -0.2) is 58.3 Å². The Morgan fingerprint density at radius 2 is 1.00 bits per heavy atom. The second kappa shape index (κ2) is 21.8. The number of rotatable bonds is 12. The third-order valence-electron chi connectivity index (χ3n) is 12.6. The Bertz CT molecular complexity index is 3300. The highest BCUT2D eigenvalue weighted by Gasteiger charge is 2.34. The Kier molecular flexibility index (Phi) is 15.5. The molecule has 0 amide bonds. The number of piperidine rings is 2. The first-order valence-electron chi connectivity index (χ1n) is 23.1. The van der Waals surface area contributed by atoms with Crippen LogP contribution in [0.3, 0.4) is 0 Å². The summed E-state index contributed by atoms with van der Waals surface area (Å²) in [6.45, 7) is 6.53. The van der Waals surface area contributed by atoms with E-state index in [0.717, 1.165) is 83.4 Å². The fourth-order valence-electron chi connectivity index (χ4n) is 8.33. The summed E-state index contributed by atoms with van der Waals surface area (Å²) in [5.41, 5.74) is 2.89. The molecular weight excluding hydrogens is 1050 g/mol. The van der Waals surface area contributed by atoms with Crippen LogP contribution in [0.2, 0.25) is 0 Å². The van der Waals surface area contributed by atoms with E-state index in [1.165, 1.54) is 34.9 Å². The number of hydrogen-bond donors (Lipinski definition) is 0. The van der Waals surface area contributed by atoms with Gasteiger partial charge in [-0.05, 0) is 106 Å². The van der Waals surface area contributed by atoms with E-state index in [1.54, 1.807) is 23.9 Å². The van der Waals surface area contributed by atoms with Gasteiger partial charge in [0.1, 0.15) is 32.9 Å². The second-order valence-corrected chi connectivity index (χ2v) is 22.3. The number of hydrogen-bond acceptors (Lipinski definition) is 19. The van der Waals surface area contributed by atoms with Crippen molar-refractivity contribution >= 4 is 76.9 Å². The molecule has 26 heteroatoms. The number of anilines is 2. The van der Waals surface area contributed by atoms with E-state index >= 15 is 0 Å². The van der Waals surface area contributed by atoms with Crippen LogP contribution in [0.25, 0.3) is 43.2 Å². The van der Waals surface area contributed by atoms with Crippen LogP contribution >= 0.6 is 34.4 Å². The lowest BCUT2D eigenvalue weighted by Gasteiger charge is -2.34. The van der Waals surface area contributed by atoms with Gasteiger partial charge in [-0.15, -0.1) is 11.8 Å². The molecule has 0 aliphatic carbocycles. The molecule has 10 rings (SSSR count). The number of alkyl halides is 6. The van der Waals surface area contributed by atoms with E-state index in [9.17, 15) is 34.8 Å². The maximum absolute atomic E-state index is 12.8. The average molecular weight is 1100 g/mol. The minimum atomic E-state index is -4.46. The zero-order valence-electron chi connectivity index (χ0n) is 39.9. The second-order valence-electron chi connectivity index (χ2n) is 17.6. The summed E-state index contributed by atoms with van der Waals surface area (Å²) in [5, 5.41) is 2.03. The fraction of sp³-hybridized carbons (Fsp3) is 0.375. The van der Waals surface area contributed by atoms with Gasteiger partial charge in [-0.1, -0.05) is 22.7 Å². The monoisotopic (exact) mass is 1100 g/mol. The lowest BCUT2D eigenvalue weighted by Crippen LogP contribution is -2.39. The number of fused-ring (bicyclic) bond motifs is 2. The molecule has 0 radical (unpaired) electrons. The number of halogens is 6. The number of nitrogens with zero attached hydrogens (tertiary/aromatic N) is 12. The van der Waals surface area contributed by atoms with Crippen LogP contribution in [0.15, 0.2) is 95.8 Å². The third-order valence-corrected chi connectivity index (χ3v) is 16.0. The van der Waals surface area contributed by atoms with Crippen molar-refractivity contribution in [1.82, 2.24) is 49.8 Å². The Hall–Kier alpha value is -6.38. The summed E-state index contributed by atoms with van der Waals surface area (Å²) in [6, 6.07) is 14.6. The van der Waals surface area contributed by atoms with E-state index in [-0.39, 0.29) is 29.1 Å². The topological polar surface area (TPSA) is 188 Å². The number of aromatic nitrogens is 10. The van der Waals surface area contributed by atoms with Crippen molar-refractivity contribution in [3.05, 3.63) is 96.8 Å². The van der Waals surface area contributed by atoms with E-state index < -0.39 is 33.3 Å². The normalized spacial score (nSPS) is 16.0. The molecule has 2 saturated heterocycles. The zero-order chi connectivity index (χ0) is 52.4. The minimum Gasteiger partial charge on any atom is -0.467 e. The molecule has 8 aromatic heterocycles. The molecule has 10 heterocycles. The van der Waals surface area contributed by atoms with Crippen LogP contribution in [-0.2, 0) is 22.2 Å². The Labute approximate surface area is 433 Å². The van der Waals surface area contributed by atoms with Crippen LogP contribution in [0, 0.1) is 11.8 Å². The maximum atomic E-state index is 12.8. The van der Waals surface area contributed by atoms with Crippen LogP contribution in [0.4, 0.5) is 38.2 Å². The van der Waals surface area contributed by atoms with E-state index in [1.807, 2.05) is 66.4 Å². The minimum absolute atomic E-state index is 0.00233. The molecular formula is C48H46F6N12O4S4. The van der Waals surface area contributed by atoms with Gasteiger partial charge in [-0.3, -0.25) is 0 Å². The van der Waals surface area contributed by atoms with Crippen molar-refractivity contribution < 1.29 is 44.2 Å². The quantitative estimate of drug-likeness (QED) is 0.0829.